The average molecular weight is 285 g/mol. The van der Waals surface area contributed by atoms with Gasteiger partial charge < -0.3 is 4.57 Å². The highest BCUT2D eigenvalue weighted by Gasteiger charge is 2.34. The quantitative estimate of drug-likeness (QED) is 0.833. The lowest BCUT2D eigenvalue weighted by molar-refractivity contribution is 0.154. The molecule has 2 heterocycles. The van der Waals surface area contributed by atoms with Gasteiger partial charge in [0.15, 0.2) is 5.03 Å². The summed E-state index contributed by atoms with van der Waals surface area (Å²) in [5, 5.41) is 0.157. The first-order chi connectivity index (χ1) is 8.71. The zero-order chi connectivity index (χ0) is 14.3. The van der Waals surface area contributed by atoms with Crippen molar-refractivity contribution in [3.63, 3.8) is 0 Å². The lowest BCUT2D eigenvalue weighted by Gasteiger charge is -2.37. The van der Waals surface area contributed by atoms with Gasteiger partial charge in [0.2, 0.25) is 0 Å². The van der Waals surface area contributed by atoms with Crippen molar-refractivity contribution < 1.29 is 8.42 Å². The molecule has 0 atom stereocenters. The molecule has 0 unspecified atom stereocenters. The highest BCUT2D eigenvalue weighted by atomic mass is 32.2. The molecule has 2 rings (SSSR count). The highest BCUT2D eigenvalue weighted by molar-refractivity contribution is 7.89. The SMILES string of the molecule is Cn1cnc(S(=O)(=O)N2CCC(C(C)(C)C)CC2)c1. The van der Waals surface area contributed by atoms with E-state index < -0.39 is 10.0 Å². The van der Waals surface area contributed by atoms with Crippen LogP contribution in [0.1, 0.15) is 33.6 Å². The van der Waals surface area contributed by atoms with E-state index in [0.29, 0.717) is 19.0 Å². The van der Waals surface area contributed by atoms with Gasteiger partial charge in [0.25, 0.3) is 10.0 Å². The Hall–Kier alpha value is -0.880. The number of sulfonamides is 1. The Balaban J connectivity index is 2.09. The summed E-state index contributed by atoms with van der Waals surface area (Å²) in [5.74, 6) is 0.586. The number of rotatable bonds is 2. The summed E-state index contributed by atoms with van der Waals surface area (Å²) < 4.78 is 28.0. The van der Waals surface area contributed by atoms with E-state index in [9.17, 15) is 8.42 Å². The molecule has 0 N–H and O–H groups in total. The Morgan fingerprint density at radius 1 is 1.26 bits per heavy atom. The molecule has 1 saturated heterocycles. The molecule has 0 spiro atoms. The summed E-state index contributed by atoms with van der Waals surface area (Å²) in [6, 6.07) is 0. The summed E-state index contributed by atoms with van der Waals surface area (Å²) in [7, 11) is -1.63. The third-order valence-corrected chi connectivity index (χ3v) is 5.75. The van der Waals surface area contributed by atoms with Crippen molar-refractivity contribution in [1.29, 1.82) is 0 Å². The van der Waals surface area contributed by atoms with Gasteiger partial charge in [-0.15, -0.1) is 0 Å². The van der Waals surface area contributed by atoms with Crippen molar-refractivity contribution in [2.75, 3.05) is 13.1 Å². The van der Waals surface area contributed by atoms with Gasteiger partial charge in [0.05, 0.1) is 6.33 Å². The minimum atomic E-state index is -3.41. The fourth-order valence-corrected chi connectivity index (χ4v) is 4.05. The number of aryl methyl sites for hydroxylation is 1. The van der Waals surface area contributed by atoms with Crippen LogP contribution in [0.3, 0.4) is 0 Å². The zero-order valence-electron chi connectivity index (χ0n) is 12.1. The highest BCUT2D eigenvalue weighted by Crippen LogP contribution is 2.35. The lowest BCUT2D eigenvalue weighted by atomic mass is 9.76. The largest absolute Gasteiger partial charge is 0.339 e. The molecule has 1 aliphatic rings. The van der Waals surface area contributed by atoms with Crippen LogP contribution in [0.25, 0.3) is 0 Å². The van der Waals surface area contributed by atoms with Crippen LogP contribution in [-0.2, 0) is 17.1 Å². The summed E-state index contributed by atoms with van der Waals surface area (Å²) in [6.45, 7) is 7.86. The number of hydrogen-bond acceptors (Lipinski definition) is 3. The molecular formula is C13H23N3O2S. The first kappa shape index (κ1) is 14.5. The second-order valence-corrected chi connectivity index (χ2v) is 8.31. The Labute approximate surface area is 115 Å². The predicted octanol–water partition coefficient (Wildman–Crippen LogP) is 1.87. The van der Waals surface area contributed by atoms with Crippen LogP contribution in [0.4, 0.5) is 0 Å². The second-order valence-electron chi connectivity index (χ2n) is 6.42. The maximum Gasteiger partial charge on any atom is 0.262 e. The molecule has 1 fully saturated rings. The number of aromatic nitrogens is 2. The molecule has 0 aliphatic carbocycles. The molecule has 0 radical (unpaired) electrons. The Morgan fingerprint density at radius 3 is 2.26 bits per heavy atom. The average Bonchev–Trinajstić information content (AvgIpc) is 2.76. The molecule has 108 valence electrons. The minimum absolute atomic E-state index is 0.157. The van der Waals surface area contributed by atoms with E-state index in [1.807, 2.05) is 0 Å². The van der Waals surface area contributed by atoms with Gasteiger partial charge in [-0.1, -0.05) is 20.8 Å². The molecule has 5 nitrogen and oxygen atoms in total. The van der Waals surface area contributed by atoms with E-state index in [2.05, 4.69) is 25.8 Å². The third-order valence-electron chi connectivity index (χ3n) is 3.96. The Bertz CT molecular complexity index is 534. The number of piperidine rings is 1. The Morgan fingerprint density at radius 2 is 1.84 bits per heavy atom. The van der Waals surface area contributed by atoms with Crippen LogP contribution in [0.15, 0.2) is 17.6 Å². The van der Waals surface area contributed by atoms with Gasteiger partial charge in [0, 0.05) is 26.3 Å². The minimum Gasteiger partial charge on any atom is -0.339 e. The standard InChI is InChI=1S/C13H23N3O2S/c1-13(2,3)11-5-7-16(8-6-11)19(17,18)12-9-15(4)10-14-12/h9-11H,5-8H2,1-4H3. The third kappa shape index (κ3) is 3.00. The lowest BCUT2D eigenvalue weighted by Crippen LogP contribution is -2.41. The monoisotopic (exact) mass is 285 g/mol. The molecular weight excluding hydrogens is 262 g/mol. The summed E-state index contributed by atoms with van der Waals surface area (Å²) in [4.78, 5) is 3.96. The summed E-state index contributed by atoms with van der Waals surface area (Å²) in [5.41, 5.74) is 0.251. The van der Waals surface area contributed by atoms with Crippen molar-refractivity contribution in [2.45, 2.75) is 38.6 Å². The number of nitrogens with zero attached hydrogens (tertiary/aromatic N) is 3. The molecule has 19 heavy (non-hydrogen) atoms. The Kier molecular flexibility index (Phi) is 3.75. The van der Waals surface area contributed by atoms with Gasteiger partial charge in [-0.2, -0.15) is 4.31 Å². The maximum atomic E-state index is 12.4. The van der Waals surface area contributed by atoms with E-state index in [1.165, 1.54) is 6.33 Å². The first-order valence-corrected chi connectivity index (χ1v) is 8.13. The number of hydrogen-bond donors (Lipinski definition) is 0. The van der Waals surface area contributed by atoms with Crippen molar-refractivity contribution >= 4 is 10.0 Å². The topological polar surface area (TPSA) is 55.2 Å². The van der Waals surface area contributed by atoms with Gasteiger partial charge in [0.1, 0.15) is 0 Å². The molecule has 0 bridgehead atoms. The van der Waals surface area contributed by atoms with E-state index in [0.717, 1.165) is 12.8 Å². The molecule has 0 aromatic carbocycles. The van der Waals surface area contributed by atoms with Crippen molar-refractivity contribution in [3.05, 3.63) is 12.5 Å². The summed E-state index contributed by atoms with van der Waals surface area (Å²) >= 11 is 0. The van der Waals surface area contributed by atoms with E-state index in [-0.39, 0.29) is 10.4 Å². The molecule has 0 saturated carbocycles. The smallest absolute Gasteiger partial charge is 0.262 e. The second kappa shape index (κ2) is 4.90. The normalized spacial score (nSPS) is 19.8. The van der Waals surface area contributed by atoms with E-state index in [1.54, 1.807) is 22.1 Å². The molecule has 6 heteroatoms. The van der Waals surface area contributed by atoms with E-state index in [4.69, 9.17) is 0 Å². The molecule has 0 amide bonds. The van der Waals surface area contributed by atoms with Gasteiger partial charge >= 0.3 is 0 Å². The fraction of sp³-hybridized carbons (Fsp3) is 0.769. The van der Waals surface area contributed by atoms with Crippen LogP contribution in [0.5, 0.6) is 0 Å². The van der Waals surface area contributed by atoms with Crippen molar-refractivity contribution in [3.8, 4) is 0 Å². The predicted molar refractivity (Wildman–Crippen MR) is 74.1 cm³/mol. The van der Waals surface area contributed by atoms with Crippen LogP contribution in [0, 0.1) is 11.3 Å². The van der Waals surface area contributed by atoms with Crippen molar-refractivity contribution in [2.24, 2.45) is 18.4 Å². The van der Waals surface area contributed by atoms with Crippen molar-refractivity contribution in [1.82, 2.24) is 13.9 Å². The van der Waals surface area contributed by atoms with Gasteiger partial charge in [-0.25, -0.2) is 13.4 Å². The maximum absolute atomic E-state index is 12.4. The molecule has 1 aliphatic heterocycles. The summed E-state index contributed by atoms with van der Waals surface area (Å²) in [6.07, 6.45) is 4.94. The van der Waals surface area contributed by atoms with Crippen LogP contribution in [-0.4, -0.2) is 35.4 Å². The van der Waals surface area contributed by atoms with Gasteiger partial charge in [-0.05, 0) is 24.2 Å². The van der Waals surface area contributed by atoms with Crippen LogP contribution in [0.2, 0.25) is 0 Å². The van der Waals surface area contributed by atoms with Crippen LogP contribution < -0.4 is 0 Å². The zero-order valence-corrected chi connectivity index (χ0v) is 12.9. The van der Waals surface area contributed by atoms with E-state index >= 15 is 0 Å². The fourth-order valence-electron chi connectivity index (χ4n) is 2.62. The van der Waals surface area contributed by atoms with Gasteiger partial charge in [-0.3, -0.25) is 0 Å². The number of imidazole rings is 1. The first-order valence-electron chi connectivity index (χ1n) is 6.69. The molecule has 1 aromatic heterocycles. The molecule has 1 aromatic rings. The van der Waals surface area contributed by atoms with Crippen LogP contribution >= 0.6 is 0 Å².